The Balaban J connectivity index is 2.64. The van der Waals surface area contributed by atoms with E-state index >= 15 is 0 Å². The van der Waals surface area contributed by atoms with Crippen LogP contribution in [0.25, 0.3) is 11.3 Å². The third kappa shape index (κ3) is 3.95. The van der Waals surface area contributed by atoms with E-state index in [1.54, 1.807) is 0 Å². The van der Waals surface area contributed by atoms with Crippen molar-refractivity contribution in [1.82, 2.24) is 9.97 Å². The lowest BCUT2D eigenvalue weighted by Gasteiger charge is -2.19. The number of hydrogen-bond acceptors (Lipinski definition) is 3. The van der Waals surface area contributed by atoms with Gasteiger partial charge in [0, 0.05) is 5.56 Å². The number of aryl methyl sites for hydroxylation is 2. The molecular weight excluding hydrogens is 365 g/mol. The van der Waals surface area contributed by atoms with Gasteiger partial charge in [-0.2, -0.15) is 0 Å². The summed E-state index contributed by atoms with van der Waals surface area (Å²) in [6.07, 6.45) is 2.55. The summed E-state index contributed by atoms with van der Waals surface area (Å²) in [6.45, 7) is 7.72. The molecule has 1 aromatic carbocycles. The van der Waals surface area contributed by atoms with E-state index < -0.39 is 22.5 Å². The molecule has 0 saturated heterocycles. The van der Waals surface area contributed by atoms with E-state index in [9.17, 15) is 13.2 Å². The SMILES string of the molecule is CCc1nc(-c2cc(Cl)c(F)c(F)c2F)c(CC)nc1OC(CC)CC. The van der Waals surface area contributed by atoms with Crippen LogP contribution < -0.4 is 4.74 Å². The molecule has 2 rings (SSSR count). The Hall–Kier alpha value is -1.82. The molecular formula is C19H22ClF3N2O. The lowest BCUT2D eigenvalue weighted by Crippen LogP contribution is -2.17. The molecule has 7 heteroatoms. The van der Waals surface area contributed by atoms with Gasteiger partial charge in [0.1, 0.15) is 5.69 Å². The minimum absolute atomic E-state index is 0.000368. The van der Waals surface area contributed by atoms with Gasteiger partial charge in [0.05, 0.1) is 22.5 Å². The summed E-state index contributed by atoms with van der Waals surface area (Å²) in [7, 11) is 0. The van der Waals surface area contributed by atoms with Gasteiger partial charge in [0.2, 0.25) is 5.88 Å². The third-order valence-corrected chi connectivity index (χ3v) is 4.50. The van der Waals surface area contributed by atoms with Crippen molar-refractivity contribution in [3.8, 4) is 17.1 Å². The summed E-state index contributed by atoms with van der Waals surface area (Å²) in [5.74, 6) is -3.96. The molecule has 0 spiro atoms. The smallest absolute Gasteiger partial charge is 0.236 e. The van der Waals surface area contributed by atoms with E-state index in [0.717, 1.165) is 18.9 Å². The van der Waals surface area contributed by atoms with Gasteiger partial charge < -0.3 is 4.74 Å². The number of ether oxygens (including phenoxy) is 1. The topological polar surface area (TPSA) is 35.0 Å². The molecule has 26 heavy (non-hydrogen) atoms. The second-order valence-electron chi connectivity index (χ2n) is 5.88. The van der Waals surface area contributed by atoms with Crippen molar-refractivity contribution in [3.63, 3.8) is 0 Å². The summed E-state index contributed by atoms with van der Waals surface area (Å²) < 4.78 is 47.6. The van der Waals surface area contributed by atoms with Crippen LogP contribution in [0.3, 0.4) is 0 Å². The summed E-state index contributed by atoms with van der Waals surface area (Å²) in [5, 5.41) is -0.502. The lowest BCUT2D eigenvalue weighted by molar-refractivity contribution is 0.181. The predicted octanol–water partition coefficient (Wildman–Crippen LogP) is 5.91. The summed E-state index contributed by atoms with van der Waals surface area (Å²) >= 11 is 5.69. The fourth-order valence-electron chi connectivity index (χ4n) is 2.63. The Bertz CT molecular complexity index is 795. The van der Waals surface area contributed by atoms with Crippen LogP contribution >= 0.6 is 11.6 Å². The highest BCUT2D eigenvalue weighted by molar-refractivity contribution is 6.31. The van der Waals surface area contributed by atoms with Crippen molar-refractivity contribution >= 4 is 11.6 Å². The molecule has 0 saturated carbocycles. The molecule has 0 radical (unpaired) electrons. The molecule has 0 amide bonds. The average molecular weight is 387 g/mol. The van der Waals surface area contributed by atoms with Crippen LogP contribution in [0.15, 0.2) is 6.07 Å². The van der Waals surface area contributed by atoms with Crippen LogP contribution in [0, 0.1) is 17.5 Å². The summed E-state index contributed by atoms with van der Waals surface area (Å²) in [4.78, 5) is 8.94. The second kappa shape index (κ2) is 8.71. The molecule has 0 atom stereocenters. The molecule has 3 nitrogen and oxygen atoms in total. The first-order chi connectivity index (χ1) is 12.4. The van der Waals surface area contributed by atoms with Crippen LogP contribution in [0.2, 0.25) is 5.02 Å². The molecule has 1 heterocycles. The number of nitrogens with zero attached hydrogens (tertiary/aromatic N) is 2. The van der Waals surface area contributed by atoms with Crippen LogP contribution in [0.5, 0.6) is 5.88 Å². The molecule has 0 bridgehead atoms. The molecule has 1 aromatic heterocycles. The Morgan fingerprint density at radius 1 is 0.923 bits per heavy atom. The maximum absolute atomic E-state index is 14.3. The quantitative estimate of drug-likeness (QED) is 0.438. The summed E-state index contributed by atoms with van der Waals surface area (Å²) in [6, 6.07) is 1.04. The monoisotopic (exact) mass is 386 g/mol. The molecule has 0 fully saturated rings. The maximum Gasteiger partial charge on any atom is 0.236 e. The Morgan fingerprint density at radius 3 is 2.08 bits per heavy atom. The highest BCUT2D eigenvalue weighted by atomic mass is 35.5. The standard InChI is InChI=1S/C19H22ClF3N2O/c1-5-10(6-2)26-19-14(8-4)24-18(13(7-3)25-19)11-9-12(20)16(22)17(23)15(11)21/h9-10H,5-8H2,1-4H3. The Kier molecular flexibility index (Phi) is 6.87. The molecule has 2 aromatic rings. The first-order valence-electron chi connectivity index (χ1n) is 8.77. The van der Waals surface area contributed by atoms with E-state index in [1.165, 1.54) is 0 Å². The van der Waals surface area contributed by atoms with E-state index in [2.05, 4.69) is 9.97 Å². The van der Waals surface area contributed by atoms with Gasteiger partial charge in [0.15, 0.2) is 17.5 Å². The van der Waals surface area contributed by atoms with Crippen molar-refractivity contribution in [1.29, 1.82) is 0 Å². The van der Waals surface area contributed by atoms with Crippen molar-refractivity contribution in [2.75, 3.05) is 0 Å². The molecule has 0 aliphatic rings. The largest absolute Gasteiger partial charge is 0.473 e. The maximum atomic E-state index is 14.3. The average Bonchev–Trinajstić information content (AvgIpc) is 2.66. The van der Waals surface area contributed by atoms with Crippen molar-refractivity contribution in [2.45, 2.75) is 59.5 Å². The lowest BCUT2D eigenvalue weighted by atomic mass is 10.1. The Morgan fingerprint density at radius 2 is 1.54 bits per heavy atom. The zero-order chi connectivity index (χ0) is 19.4. The molecule has 142 valence electrons. The molecule has 0 unspecified atom stereocenters. The second-order valence-corrected chi connectivity index (χ2v) is 6.29. The van der Waals surface area contributed by atoms with Gasteiger partial charge in [-0.3, -0.25) is 0 Å². The fourth-order valence-corrected chi connectivity index (χ4v) is 2.82. The first kappa shape index (κ1) is 20.5. The zero-order valence-electron chi connectivity index (χ0n) is 15.3. The van der Waals surface area contributed by atoms with Crippen LogP contribution in [0.1, 0.15) is 51.9 Å². The van der Waals surface area contributed by atoms with Gasteiger partial charge in [0.25, 0.3) is 0 Å². The normalized spacial score (nSPS) is 11.3. The van der Waals surface area contributed by atoms with Crippen molar-refractivity contribution in [3.05, 3.63) is 39.9 Å². The predicted molar refractivity (Wildman–Crippen MR) is 96.1 cm³/mol. The summed E-state index contributed by atoms with van der Waals surface area (Å²) in [5.41, 5.74) is 0.912. The van der Waals surface area contributed by atoms with Crippen LogP contribution in [0.4, 0.5) is 13.2 Å². The van der Waals surface area contributed by atoms with Gasteiger partial charge >= 0.3 is 0 Å². The number of benzene rings is 1. The first-order valence-corrected chi connectivity index (χ1v) is 9.15. The van der Waals surface area contributed by atoms with E-state index in [0.29, 0.717) is 30.1 Å². The number of rotatable bonds is 7. The van der Waals surface area contributed by atoms with Crippen molar-refractivity contribution < 1.29 is 17.9 Å². The van der Waals surface area contributed by atoms with Gasteiger partial charge in [-0.05, 0) is 31.7 Å². The van der Waals surface area contributed by atoms with E-state index in [1.807, 2.05) is 27.7 Å². The Labute approximate surface area is 156 Å². The van der Waals surface area contributed by atoms with Gasteiger partial charge in [-0.15, -0.1) is 0 Å². The zero-order valence-corrected chi connectivity index (χ0v) is 16.1. The van der Waals surface area contributed by atoms with Gasteiger partial charge in [-0.25, -0.2) is 23.1 Å². The highest BCUT2D eigenvalue weighted by Gasteiger charge is 2.23. The number of hydrogen-bond donors (Lipinski definition) is 0. The molecule has 0 aliphatic carbocycles. The van der Waals surface area contributed by atoms with Gasteiger partial charge in [-0.1, -0.05) is 39.3 Å². The van der Waals surface area contributed by atoms with E-state index in [4.69, 9.17) is 16.3 Å². The fraction of sp³-hybridized carbons (Fsp3) is 0.474. The highest BCUT2D eigenvalue weighted by Crippen LogP contribution is 2.33. The van der Waals surface area contributed by atoms with Crippen LogP contribution in [-0.4, -0.2) is 16.1 Å². The molecule has 0 N–H and O–H groups in total. The van der Waals surface area contributed by atoms with Crippen molar-refractivity contribution in [2.24, 2.45) is 0 Å². The van der Waals surface area contributed by atoms with E-state index in [-0.39, 0.29) is 17.4 Å². The van der Waals surface area contributed by atoms with Crippen LogP contribution in [-0.2, 0) is 12.8 Å². The third-order valence-electron chi connectivity index (χ3n) is 4.22. The minimum Gasteiger partial charge on any atom is -0.473 e. The number of halogens is 4. The molecule has 0 aliphatic heterocycles. The minimum atomic E-state index is -1.62. The number of aromatic nitrogens is 2.